The second-order valence-corrected chi connectivity index (χ2v) is 6.91. The molecule has 8 heteroatoms. The second kappa shape index (κ2) is 7.88. The van der Waals surface area contributed by atoms with Gasteiger partial charge in [-0.25, -0.2) is 4.98 Å². The van der Waals surface area contributed by atoms with Gasteiger partial charge in [0.1, 0.15) is 11.2 Å². The lowest BCUT2D eigenvalue weighted by Crippen LogP contribution is -2.16. The fourth-order valence-electron chi connectivity index (χ4n) is 2.47. The van der Waals surface area contributed by atoms with Gasteiger partial charge in [-0.05, 0) is 37.1 Å². The van der Waals surface area contributed by atoms with Crippen LogP contribution in [-0.4, -0.2) is 29.6 Å². The number of methoxy groups -OCH3 is 1. The maximum absolute atomic E-state index is 12.6. The van der Waals surface area contributed by atoms with Crippen LogP contribution in [0.25, 0.3) is 10.2 Å². The van der Waals surface area contributed by atoms with Gasteiger partial charge in [-0.1, -0.05) is 18.5 Å². The number of nitrogens with zero attached hydrogens (tertiary/aromatic N) is 3. The van der Waals surface area contributed by atoms with Gasteiger partial charge in [-0.3, -0.25) is 4.79 Å². The molecule has 0 saturated heterocycles. The van der Waals surface area contributed by atoms with E-state index in [0.717, 1.165) is 16.1 Å². The van der Waals surface area contributed by atoms with Gasteiger partial charge in [0.25, 0.3) is 5.56 Å². The van der Waals surface area contributed by atoms with E-state index in [-0.39, 0.29) is 5.56 Å². The lowest BCUT2D eigenvalue weighted by Gasteiger charge is -2.11. The lowest BCUT2D eigenvalue weighted by atomic mass is 10.2. The van der Waals surface area contributed by atoms with E-state index in [0.29, 0.717) is 34.1 Å². The Morgan fingerprint density at radius 3 is 2.85 bits per heavy atom. The van der Waals surface area contributed by atoms with Gasteiger partial charge < -0.3 is 9.47 Å². The van der Waals surface area contributed by atoms with Crippen molar-refractivity contribution in [1.29, 1.82) is 0 Å². The van der Waals surface area contributed by atoms with E-state index in [9.17, 15) is 4.79 Å². The molecule has 0 atom stereocenters. The number of hydrogen-bond acceptors (Lipinski definition) is 6. The zero-order valence-electron chi connectivity index (χ0n) is 14.7. The number of thiophene rings is 1. The Labute approximate surface area is 159 Å². The van der Waals surface area contributed by atoms with Crippen LogP contribution >= 0.6 is 22.9 Å². The van der Waals surface area contributed by atoms with Crippen molar-refractivity contribution in [2.45, 2.75) is 20.3 Å². The molecule has 0 aliphatic carbocycles. The van der Waals surface area contributed by atoms with Crippen molar-refractivity contribution < 1.29 is 9.47 Å². The summed E-state index contributed by atoms with van der Waals surface area (Å²) in [6, 6.07) is 5.33. The Balaban J connectivity index is 1.98. The van der Waals surface area contributed by atoms with Crippen LogP contribution in [0.2, 0.25) is 5.02 Å². The molecule has 1 aromatic carbocycles. The number of rotatable bonds is 6. The third-order valence-electron chi connectivity index (χ3n) is 3.70. The fraction of sp³-hybridized carbons (Fsp3) is 0.278. The van der Waals surface area contributed by atoms with E-state index in [2.05, 4.69) is 10.1 Å². The minimum absolute atomic E-state index is 0.202. The Bertz CT molecular complexity index is 1030. The molecule has 2 aromatic heterocycles. The van der Waals surface area contributed by atoms with Crippen LogP contribution in [0.4, 0.5) is 0 Å². The monoisotopic (exact) mass is 391 g/mol. The minimum Gasteiger partial charge on any atom is -0.491 e. The van der Waals surface area contributed by atoms with Gasteiger partial charge in [-0.2, -0.15) is 9.78 Å². The summed E-state index contributed by atoms with van der Waals surface area (Å²) in [5.74, 6) is 0.992. The van der Waals surface area contributed by atoms with Gasteiger partial charge in [-0.15, -0.1) is 11.3 Å². The standard InChI is InChI=1S/C18H18ClN3O3S/c1-4-12-8-13-17(26-12)20-10-22(18(13)23)21-9-11-6-14(19)16(24-3)15(7-11)25-5-2/h6-10H,4-5H2,1-3H3/b21-9-. The minimum atomic E-state index is -0.202. The molecule has 3 aromatic rings. The Kier molecular flexibility index (Phi) is 5.58. The molecule has 6 nitrogen and oxygen atoms in total. The Morgan fingerprint density at radius 1 is 1.35 bits per heavy atom. The normalized spacial score (nSPS) is 11.4. The molecule has 0 amide bonds. The van der Waals surface area contributed by atoms with E-state index in [1.165, 1.54) is 35.7 Å². The summed E-state index contributed by atoms with van der Waals surface area (Å²) in [5, 5.41) is 5.21. The predicted molar refractivity (Wildman–Crippen MR) is 105 cm³/mol. The molecule has 0 radical (unpaired) electrons. The van der Waals surface area contributed by atoms with Crippen molar-refractivity contribution in [2.75, 3.05) is 13.7 Å². The summed E-state index contributed by atoms with van der Waals surface area (Å²) >= 11 is 7.76. The molecule has 0 N–H and O–H groups in total. The molecule has 0 unspecified atom stereocenters. The topological polar surface area (TPSA) is 65.7 Å². The van der Waals surface area contributed by atoms with Crippen LogP contribution in [0.3, 0.4) is 0 Å². The lowest BCUT2D eigenvalue weighted by molar-refractivity contribution is 0.311. The molecule has 0 fully saturated rings. The van der Waals surface area contributed by atoms with Gasteiger partial charge in [0.05, 0.1) is 30.3 Å². The molecule has 26 heavy (non-hydrogen) atoms. The zero-order valence-corrected chi connectivity index (χ0v) is 16.2. The van der Waals surface area contributed by atoms with Crippen molar-refractivity contribution in [2.24, 2.45) is 5.10 Å². The smallest absolute Gasteiger partial charge is 0.282 e. The van der Waals surface area contributed by atoms with E-state index in [1.54, 1.807) is 12.1 Å². The first kappa shape index (κ1) is 18.4. The highest BCUT2D eigenvalue weighted by Gasteiger charge is 2.11. The fourth-order valence-corrected chi connectivity index (χ4v) is 3.69. The second-order valence-electron chi connectivity index (χ2n) is 5.39. The van der Waals surface area contributed by atoms with Crippen LogP contribution in [0, 0.1) is 0 Å². The summed E-state index contributed by atoms with van der Waals surface area (Å²) in [6.07, 6.45) is 3.83. The number of aromatic nitrogens is 2. The van der Waals surface area contributed by atoms with Gasteiger partial charge in [0, 0.05) is 4.88 Å². The largest absolute Gasteiger partial charge is 0.491 e. The van der Waals surface area contributed by atoms with E-state index >= 15 is 0 Å². The van der Waals surface area contributed by atoms with Crippen molar-refractivity contribution in [3.05, 3.63) is 50.3 Å². The molecule has 0 aliphatic rings. The molecule has 0 spiro atoms. The number of hydrogen-bond donors (Lipinski definition) is 0. The number of ether oxygens (including phenoxy) is 2. The number of fused-ring (bicyclic) bond motifs is 1. The van der Waals surface area contributed by atoms with Crippen molar-refractivity contribution >= 4 is 39.4 Å². The van der Waals surface area contributed by atoms with Crippen LogP contribution in [0.1, 0.15) is 24.3 Å². The average molecular weight is 392 g/mol. The number of halogens is 1. The summed E-state index contributed by atoms with van der Waals surface area (Å²) in [7, 11) is 1.53. The maximum atomic E-state index is 12.6. The van der Waals surface area contributed by atoms with Crippen molar-refractivity contribution in [3.8, 4) is 11.5 Å². The van der Waals surface area contributed by atoms with Crippen molar-refractivity contribution in [1.82, 2.24) is 9.66 Å². The highest BCUT2D eigenvalue weighted by molar-refractivity contribution is 7.18. The molecule has 0 bridgehead atoms. The summed E-state index contributed by atoms with van der Waals surface area (Å²) in [5.41, 5.74) is 0.484. The molecule has 0 saturated carbocycles. The van der Waals surface area contributed by atoms with Crippen LogP contribution in [0.5, 0.6) is 11.5 Å². The first-order valence-electron chi connectivity index (χ1n) is 8.12. The molecule has 2 heterocycles. The zero-order chi connectivity index (χ0) is 18.7. The highest BCUT2D eigenvalue weighted by Crippen LogP contribution is 2.35. The first-order chi connectivity index (χ1) is 12.6. The predicted octanol–water partition coefficient (Wildman–Crippen LogP) is 3.96. The molecular weight excluding hydrogens is 374 g/mol. The maximum Gasteiger partial charge on any atom is 0.282 e. The first-order valence-corrected chi connectivity index (χ1v) is 9.31. The summed E-state index contributed by atoms with van der Waals surface area (Å²) < 4.78 is 12.0. The molecule has 136 valence electrons. The van der Waals surface area contributed by atoms with Gasteiger partial charge in [0.15, 0.2) is 11.5 Å². The summed E-state index contributed by atoms with van der Waals surface area (Å²) in [6.45, 7) is 4.40. The third kappa shape index (κ3) is 3.59. The molecule has 0 aliphatic heterocycles. The van der Waals surface area contributed by atoms with Crippen LogP contribution < -0.4 is 15.0 Å². The number of aryl methyl sites for hydroxylation is 1. The van der Waals surface area contributed by atoms with Gasteiger partial charge in [0.2, 0.25) is 0 Å². The average Bonchev–Trinajstić information content (AvgIpc) is 3.06. The van der Waals surface area contributed by atoms with Crippen LogP contribution in [-0.2, 0) is 6.42 Å². The van der Waals surface area contributed by atoms with E-state index in [1.807, 2.05) is 19.9 Å². The Morgan fingerprint density at radius 2 is 2.15 bits per heavy atom. The van der Waals surface area contributed by atoms with E-state index in [4.69, 9.17) is 21.1 Å². The summed E-state index contributed by atoms with van der Waals surface area (Å²) in [4.78, 5) is 18.7. The molecular formula is C18H18ClN3O3S. The highest BCUT2D eigenvalue weighted by atomic mass is 35.5. The molecule has 3 rings (SSSR count). The van der Waals surface area contributed by atoms with Crippen molar-refractivity contribution in [3.63, 3.8) is 0 Å². The SMILES string of the molecule is CCOc1cc(/C=N\n2cnc3sc(CC)cc3c2=O)cc(Cl)c1OC. The Hall–Kier alpha value is -2.38. The van der Waals surface area contributed by atoms with Crippen LogP contribution in [0.15, 0.2) is 34.4 Å². The quantitative estimate of drug-likeness (QED) is 0.596. The number of benzene rings is 1. The third-order valence-corrected chi connectivity index (χ3v) is 5.17. The van der Waals surface area contributed by atoms with E-state index < -0.39 is 0 Å². The van der Waals surface area contributed by atoms with Gasteiger partial charge >= 0.3 is 0 Å².